The van der Waals surface area contributed by atoms with Crippen LogP contribution in [-0.4, -0.2) is 43.0 Å². The largest absolute Gasteiger partial charge is 0.325 e. The number of aryl methyl sites for hydroxylation is 1. The zero-order valence-corrected chi connectivity index (χ0v) is 13.4. The average molecular weight is 289 g/mol. The van der Waals surface area contributed by atoms with Gasteiger partial charge < -0.3 is 15.5 Å². The second kappa shape index (κ2) is 7.57. The van der Waals surface area contributed by atoms with E-state index in [-0.39, 0.29) is 5.91 Å². The van der Waals surface area contributed by atoms with E-state index in [1.807, 2.05) is 31.2 Å². The Hall–Kier alpha value is -1.39. The first-order valence-electron chi connectivity index (χ1n) is 7.86. The first-order valence-corrected chi connectivity index (χ1v) is 7.86. The molecule has 0 spiro atoms. The van der Waals surface area contributed by atoms with Crippen LogP contribution in [-0.2, 0) is 4.79 Å². The maximum atomic E-state index is 11.9. The summed E-state index contributed by atoms with van der Waals surface area (Å²) < 4.78 is 0. The summed E-state index contributed by atoms with van der Waals surface area (Å²) in [5.74, 6) is 0.693. The summed E-state index contributed by atoms with van der Waals surface area (Å²) in [4.78, 5) is 14.4. The summed E-state index contributed by atoms with van der Waals surface area (Å²) in [5, 5.41) is 6.21. The molecule has 1 aliphatic rings. The van der Waals surface area contributed by atoms with Crippen molar-refractivity contribution in [2.75, 3.05) is 31.5 Å². The van der Waals surface area contributed by atoms with Gasteiger partial charge >= 0.3 is 0 Å². The van der Waals surface area contributed by atoms with E-state index < -0.39 is 0 Å². The van der Waals surface area contributed by atoms with Crippen LogP contribution in [0, 0.1) is 12.8 Å². The van der Waals surface area contributed by atoms with E-state index in [1.54, 1.807) is 0 Å². The molecule has 2 rings (SSSR count). The molecule has 1 saturated heterocycles. The predicted octanol–water partition coefficient (Wildman–Crippen LogP) is 2.25. The van der Waals surface area contributed by atoms with Gasteiger partial charge in [-0.25, -0.2) is 0 Å². The highest BCUT2D eigenvalue weighted by molar-refractivity contribution is 5.92. The van der Waals surface area contributed by atoms with Gasteiger partial charge in [-0.1, -0.05) is 12.1 Å². The number of likely N-dealkylation sites (tertiary alicyclic amines) is 1. The molecule has 1 aliphatic heterocycles. The molecule has 0 saturated carbocycles. The molecule has 1 fully saturated rings. The van der Waals surface area contributed by atoms with Gasteiger partial charge in [0.25, 0.3) is 0 Å². The van der Waals surface area contributed by atoms with Gasteiger partial charge in [-0.15, -0.1) is 0 Å². The number of rotatable bonds is 6. The fourth-order valence-electron chi connectivity index (χ4n) is 2.82. The maximum absolute atomic E-state index is 11.9. The van der Waals surface area contributed by atoms with Crippen LogP contribution in [0.25, 0.3) is 0 Å². The first kappa shape index (κ1) is 16.0. The average Bonchev–Trinajstić information content (AvgIpc) is 2.87. The van der Waals surface area contributed by atoms with E-state index in [0.717, 1.165) is 24.3 Å². The lowest BCUT2D eigenvalue weighted by molar-refractivity contribution is -0.115. The summed E-state index contributed by atoms with van der Waals surface area (Å²) in [5.41, 5.74) is 2.02. The van der Waals surface area contributed by atoms with Crippen LogP contribution in [0.4, 0.5) is 5.69 Å². The molecule has 0 bridgehead atoms. The smallest absolute Gasteiger partial charge is 0.238 e. The van der Waals surface area contributed by atoms with Gasteiger partial charge in [-0.05, 0) is 63.9 Å². The van der Waals surface area contributed by atoms with Crippen molar-refractivity contribution in [2.24, 2.45) is 5.92 Å². The molecular formula is C17H27N3O. The summed E-state index contributed by atoms with van der Waals surface area (Å²) >= 11 is 0. The van der Waals surface area contributed by atoms with Gasteiger partial charge in [-0.3, -0.25) is 4.79 Å². The Morgan fingerprint density at radius 2 is 2.24 bits per heavy atom. The van der Waals surface area contributed by atoms with E-state index >= 15 is 0 Å². The molecule has 1 amide bonds. The van der Waals surface area contributed by atoms with Crippen LogP contribution >= 0.6 is 0 Å². The lowest BCUT2D eigenvalue weighted by atomic mass is 10.1. The molecule has 21 heavy (non-hydrogen) atoms. The van der Waals surface area contributed by atoms with Crippen molar-refractivity contribution < 1.29 is 4.79 Å². The third-order valence-corrected chi connectivity index (χ3v) is 4.07. The third kappa shape index (κ3) is 5.14. The van der Waals surface area contributed by atoms with Crippen molar-refractivity contribution in [3.63, 3.8) is 0 Å². The number of carbonyl (C=O) groups is 1. The number of hydrogen-bond donors (Lipinski definition) is 2. The molecule has 0 aromatic heterocycles. The fourth-order valence-corrected chi connectivity index (χ4v) is 2.82. The number of nitrogens with zero attached hydrogens (tertiary/aromatic N) is 1. The third-order valence-electron chi connectivity index (χ3n) is 4.07. The molecule has 1 heterocycles. The highest BCUT2D eigenvalue weighted by atomic mass is 16.1. The van der Waals surface area contributed by atoms with Crippen LogP contribution in [0.3, 0.4) is 0 Å². The molecule has 1 aromatic rings. The number of nitrogens with one attached hydrogen (secondary N) is 2. The minimum Gasteiger partial charge on any atom is -0.325 e. The Morgan fingerprint density at radius 3 is 2.90 bits per heavy atom. The lowest BCUT2D eigenvalue weighted by Crippen LogP contribution is -2.34. The van der Waals surface area contributed by atoms with E-state index in [0.29, 0.717) is 18.5 Å². The van der Waals surface area contributed by atoms with Crippen molar-refractivity contribution in [2.45, 2.75) is 33.2 Å². The van der Waals surface area contributed by atoms with E-state index in [1.165, 1.54) is 13.0 Å². The summed E-state index contributed by atoms with van der Waals surface area (Å²) in [6.07, 6.45) is 1.23. The van der Waals surface area contributed by atoms with Crippen molar-refractivity contribution in [3.05, 3.63) is 29.8 Å². The number of carbonyl (C=O) groups excluding carboxylic acids is 1. The minimum atomic E-state index is 0.0271. The predicted molar refractivity (Wildman–Crippen MR) is 87.5 cm³/mol. The molecule has 0 aliphatic carbocycles. The van der Waals surface area contributed by atoms with Crippen molar-refractivity contribution in [1.29, 1.82) is 0 Å². The van der Waals surface area contributed by atoms with Crippen molar-refractivity contribution in [3.8, 4) is 0 Å². The molecule has 2 N–H and O–H groups in total. The maximum Gasteiger partial charge on any atom is 0.238 e. The summed E-state index contributed by atoms with van der Waals surface area (Å²) in [6.45, 7) is 10.1. The van der Waals surface area contributed by atoms with Gasteiger partial charge in [-0.2, -0.15) is 0 Å². The lowest BCUT2D eigenvalue weighted by Gasteiger charge is -2.20. The number of hydrogen-bond acceptors (Lipinski definition) is 3. The summed E-state index contributed by atoms with van der Waals surface area (Å²) in [7, 11) is 0. The molecule has 1 aromatic carbocycles. The SMILES string of the molecule is Cc1cccc(NC(=O)CNCC2CCN(C(C)C)C2)c1. The van der Waals surface area contributed by atoms with Crippen LogP contribution in [0.5, 0.6) is 0 Å². The molecule has 4 nitrogen and oxygen atoms in total. The molecule has 1 unspecified atom stereocenters. The minimum absolute atomic E-state index is 0.0271. The number of benzene rings is 1. The zero-order valence-electron chi connectivity index (χ0n) is 13.4. The van der Waals surface area contributed by atoms with E-state index in [2.05, 4.69) is 29.4 Å². The van der Waals surface area contributed by atoms with E-state index in [4.69, 9.17) is 0 Å². The number of amides is 1. The van der Waals surface area contributed by atoms with Gasteiger partial charge in [0.1, 0.15) is 0 Å². The topological polar surface area (TPSA) is 44.4 Å². The molecule has 0 radical (unpaired) electrons. The van der Waals surface area contributed by atoms with Crippen LogP contribution in [0.15, 0.2) is 24.3 Å². The Labute approximate surface area is 127 Å². The van der Waals surface area contributed by atoms with Gasteiger partial charge in [0.15, 0.2) is 0 Å². The Morgan fingerprint density at radius 1 is 1.43 bits per heavy atom. The molecule has 4 heteroatoms. The van der Waals surface area contributed by atoms with Gasteiger partial charge in [0.2, 0.25) is 5.91 Å². The normalized spacial score (nSPS) is 19.1. The summed E-state index contributed by atoms with van der Waals surface area (Å²) in [6, 6.07) is 8.50. The highest BCUT2D eigenvalue weighted by Gasteiger charge is 2.23. The Bertz CT molecular complexity index is 473. The van der Waals surface area contributed by atoms with Crippen LogP contribution in [0.1, 0.15) is 25.8 Å². The quantitative estimate of drug-likeness (QED) is 0.844. The second-order valence-electron chi connectivity index (χ2n) is 6.29. The van der Waals surface area contributed by atoms with Crippen LogP contribution < -0.4 is 10.6 Å². The molecule has 1 atom stereocenters. The Kier molecular flexibility index (Phi) is 5.76. The number of anilines is 1. The highest BCUT2D eigenvalue weighted by Crippen LogP contribution is 2.17. The van der Waals surface area contributed by atoms with E-state index in [9.17, 15) is 4.79 Å². The monoisotopic (exact) mass is 289 g/mol. The standard InChI is InChI=1S/C17H27N3O/c1-13(2)20-8-7-15(12-20)10-18-11-17(21)19-16-6-4-5-14(3)9-16/h4-6,9,13,15,18H,7-8,10-12H2,1-3H3,(H,19,21). The Balaban J connectivity index is 1.66. The second-order valence-corrected chi connectivity index (χ2v) is 6.29. The van der Waals surface area contributed by atoms with Gasteiger partial charge in [0.05, 0.1) is 6.54 Å². The van der Waals surface area contributed by atoms with Crippen LogP contribution in [0.2, 0.25) is 0 Å². The van der Waals surface area contributed by atoms with Gasteiger partial charge in [0, 0.05) is 18.3 Å². The molecular weight excluding hydrogens is 262 g/mol. The fraction of sp³-hybridized carbons (Fsp3) is 0.588. The van der Waals surface area contributed by atoms with Crippen molar-refractivity contribution in [1.82, 2.24) is 10.2 Å². The van der Waals surface area contributed by atoms with Crippen molar-refractivity contribution >= 4 is 11.6 Å². The zero-order chi connectivity index (χ0) is 15.2. The first-order chi connectivity index (χ1) is 10.0. The molecule has 116 valence electrons.